The monoisotopic (exact) mass is 407 g/mol. The molecule has 0 radical (unpaired) electrons. The van der Waals surface area contributed by atoms with E-state index in [4.69, 9.17) is 0 Å². The maximum Gasteiger partial charge on any atom is 0.416 e. The lowest BCUT2D eigenvalue weighted by atomic mass is 10.1. The highest BCUT2D eigenvalue weighted by Crippen LogP contribution is 2.34. The minimum absolute atomic E-state index is 0.131. The Bertz CT molecular complexity index is 956. The summed E-state index contributed by atoms with van der Waals surface area (Å²) in [7, 11) is 3.27. The minimum Gasteiger partial charge on any atom is -0.363 e. The Morgan fingerprint density at radius 1 is 1.25 bits per heavy atom. The fraction of sp³-hybridized carbons (Fsp3) is 0.222. The van der Waals surface area contributed by atoms with Gasteiger partial charge in [0.15, 0.2) is 5.17 Å². The number of alkyl halides is 3. The number of rotatable bonds is 4. The maximum absolute atomic E-state index is 13.2. The number of amidine groups is 1. The molecule has 0 unspecified atom stereocenters. The van der Waals surface area contributed by atoms with Gasteiger partial charge in [-0.1, -0.05) is 30.0 Å². The van der Waals surface area contributed by atoms with Gasteiger partial charge in [-0.15, -0.1) is 5.10 Å². The minimum atomic E-state index is -4.47. The molecule has 1 aromatic carbocycles. The molecule has 10 heteroatoms. The number of carbonyl (C=O) groups is 1. The number of thioether (sulfide) groups is 1. The van der Waals surface area contributed by atoms with E-state index in [1.165, 1.54) is 22.9 Å². The Balaban J connectivity index is 1.91. The maximum atomic E-state index is 13.2. The predicted molar refractivity (Wildman–Crippen MR) is 105 cm³/mol. The van der Waals surface area contributed by atoms with Crippen LogP contribution in [0.3, 0.4) is 0 Å². The topological polar surface area (TPSA) is 70.0 Å². The third-order valence-corrected chi connectivity index (χ3v) is 4.59. The van der Waals surface area contributed by atoms with Crippen LogP contribution in [-0.4, -0.2) is 42.1 Å². The number of benzene rings is 1. The van der Waals surface area contributed by atoms with Gasteiger partial charge in [-0.3, -0.25) is 4.79 Å². The van der Waals surface area contributed by atoms with Crippen molar-refractivity contribution in [2.45, 2.75) is 6.18 Å². The highest BCUT2D eigenvalue weighted by molar-refractivity contribution is 8.15. The zero-order valence-corrected chi connectivity index (χ0v) is 15.8. The molecule has 0 saturated carbocycles. The first-order valence-electron chi connectivity index (χ1n) is 8.13. The second-order valence-electron chi connectivity index (χ2n) is 6.10. The molecule has 1 amide bonds. The summed E-state index contributed by atoms with van der Waals surface area (Å²) in [5.74, 6) is 0.386. The number of amides is 1. The average Bonchev–Trinajstić information content (AvgIpc) is 3.06. The third-order valence-electron chi connectivity index (χ3n) is 3.72. The lowest BCUT2D eigenvalue weighted by molar-refractivity contribution is -0.137. The summed E-state index contributed by atoms with van der Waals surface area (Å²) in [4.78, 5) is 16.9. The first-order valence-corrected chi connectivity index (χ1v) is 9.11. The van der Waals surface area contributed by atoms with Crippen LogP contribution in [0.4, 0.5) is 19.0 Å². The zero-order valence-electron chi connectivity index (χ0n) is 15.0. The van der Waals surface area contributed by atoms with Gasteiger partial charge in [-0.2, -0.15) is 18.3 Å². The Hall–Kier alpha value is -2.88. The number of nitrogens with zero attached hydrogens (tertiary/aromatic N) is 4. The van der Waals surface area contributed by atoms with E-state index in [9.17, 15) is 18.0 Å². The fourth-order valence-corrected chi connectivity index (χ4v) is 2.99. The number of carbonyl (C=O) groups excluding carboxylic acids is 1. The van der Waals surface area contributed by atoms with E-state index >= 15 is 0 Å². The van der Waals surface area contributed by atoms with Crippen LogP contribution in [0.15, 0.2) is 46.6 Å². The van der Waals surface area contributed by atoms with Gasteiger partial charge in [0, 0.05) is 19.7 Å². The summed E-state index contributed by atoms with van der Waals surface area (Å²) in [5, 5.41) is 10.8. The van der Waals surface area contributed by atoms with Gasteiger partial charge in [-0.05, 0) is 23.8 Å². The quantitative estimate of drug-likeness (QED) is 0.623. The largest absolute Gasteiger partial charge is 0.416 e. The summed E-state index contributed by atoms with van der Waals surface area (Å²) in [6.45, 7) is 0. The summed E-state index contributed by atoms with van der Waals surface area (Å²) < 4.78 is 39.7. The molecule has 1 aliphatic rings. The third kappa shape index (κ3) is 4.89. The molecule has 1 aliphatic heterocycles. The smallest absolute Gasteiger partial charge is 0.363 e. The molecule has 28 heavy (non-hydrogen) atoms. The number of pyridine rings is 1. The molecule has 6 nitrogen and oxygen atoms in total. The predicted octanol–water partition coefficient (Wildman–Crippen LogP) is 3.39. The number of aromatic nitrogens is 1. The van der Waals surface area contributed by atoms with Gasteiger partial charge >= 0.3 is 6.18 Å². The molecule has 0 spiro atoms. The molecule has 0 bridgehead atoms. The average molecular weight is 407 g/mol. The van der Waals surface area contributed by atoms with E-state index in [0.717, 1.165) is 12.1 Å². The number of hydrogen-bond acceptors (Lipinski definition) is 6. The number of anilines is 1. The van der Waals surface area contributed by atoms with Crippen LogP contribution in [0.5, 0.6) is 0 Å². The van der Waals surface area contributed by atoms with Gasteiger partial charge in [0.25, 0.3) is 0 Å². The molecule has 1 N–H and O–H groups in total. The fourth-order valence-electron chi connectivity index (χ4n) is 2.36. The lowest BCUT2D eigenvalue weighted by Crippen LogP contribution is -2.19. The normalized spacial score (nSPS) is 16.0. The van der Waals surface area contributed by atoms with Crippen molar-refractivity contribution in [2.24, 2.45) is 10.2 Å². The van der Waals surface area contributed by atoms with Crippen molar-refractivity contribution in [3.8, 4) is 11.3 Å². The summed E-state index contributed by atoms with van der Waals surface area (Å²) in [5.41, 5.74) is 0.607. The van der Waals surface area contributed by atoms with Gasteiger partial charge in [0.05, 0.1) is 23.2 Å². The van der Waals surface area contributed by atoms with E-state index in [1.54, 1.807) is 38.4 Å². The molecule has 3 rings (SSSR count). The van der Waals surface area contributed by atoms with Crippen LogP contribution < -0.4 is 10.2 Å². The van der Waals surface area contributed by atoms with Crippen molar-refractivity contribution < 1.29 is 18.0 Å². The summed E-state index contributed by atoms with van der Waals surface area (Å²) >= 11 is 1.25. The van der Waals surface area contributed by atoms with Crippen molar-refractivity contribution in [3.63, 3.8) is 0 Å². The van der Waals surface area contributed by atoms with Gasteiger partial charge in [0.1, 0.15) is 5.82 Å². The van der Waals surface area contributed by atoms with Gasteiger partial charge in [-0.25, -0.2) is 4.98 Å². The Morgan fingerprint density at radius 2 is 2.04 bits per heavy atom. The van der Waals surface area contributed by atoms with Crippen molar-refractivity contribution in [3.05, 3.63) is 47.5 Å². The molecule has 146 valence electrons. The van der Waals surface area contributed by atoms with Crippen LogP contribution in [-0.2, 0) is 11.0 Å². The molecular weight excluding hydrogens is 391 g/mol. The van der Waals surface area contributed by atoms with Crippen LogP contribution in [0.1, 0.15) is 11.1 Å². The molecular formula is C18H16F3N5OS. The molecule has 2 aromatic rings. The number of halogens is 3. The van der Waals surface area contributed by atoms with E-state index < -0.39 is 11.7 Å². The SMILES string of the molecule is CN(C)c1cc(C(F)(F)F)cc(-c2cccc(C=NN=C3NC(=O)CS3)c2)n1. The number of hydrogen-bond donors (Lipinski definition) is 1. The van der Waals surface area contributed by atoms with Crippen LogP contribution in [0.2, 0.25) is 0 Å². The zero-order chi connectivity index (χ0) is 20.3. The van der Waals surface area contributed by atoms with E-state index in [2.05, 4.69) is 20.5 Å². The highest BCUT2D eigenvalue weighted by Gasteiger charge is 2.32. The first kappa shape index (κ1) is 19.9. The van der Waals surface area contributed by atoms with Crippen LogP contribution in [0.25, 0.3) is 11.3 Å². The second kappa shape index (κ2) is 8.01. The van der Waals surface area contributed by atoms with Crippen LogP contribution >= 0.6 is 11.8 Å². The van der Waals surface area contributed by atoms with E-state index in [1.807, 2.05) is 0 Å². The van der Waals surface area contributed by atoms with Crippen molar-refractivity contribution in [2.75, 3.05) is 24.7 Å². The summed E-state index contributed by atoms with van der Waals surface area (Å²) in [6.07, 6.45) is -3.01. The van der Waals surface area contributed by atoms with E-state index in [-0.39, 0.29) is 17.4 Å². The van der Waals surface area contributed by atoms with Gasteiger partial charge in [0.2, 0.25) is 5.91 Å². The summed E-state index contributed by atoms with van der Waals surface area (Å²) in [6, 6.07) is 8.83. The Kier molecular flexibility index (Phi) is 5.68. The van der Waals surface area contributed by atoms with E-state index in [0.29, 0.717) is 22.0 Å². The Labute approximate surface area is 163 Å². The molecule has 1 saturated heterocycles. The molecule has 1 aromatic heterocycles. The standard InChI is InChI=1S/C18H16F3N5OS/c1-26(2)15-8-13(18(19,20)21)7-14(23-15)12-5-3-4-11(6-12)9-22-25-17-24-16(27)10-28-17/h3-9H,10H2,1-2H3,(H,24,25,27). The van der Waals surface area contributed by atoms with Crippen LogP contribution in [0, 0.1) is 0 Å². The van der Waals surface area contributed by atoms with Crippen molar-refractivity contribution in [1.82, 2.24) is 10.3 Å². The van der Waals surface area contributed by atoms with Crippen molar-refractivity contribution >= 4 is 34.9 Å². The van der Waals surface area contributed by atoms with Crippen molar-refractivity contribution in [1.29, 1.82) is 0 Å². The lowest BCUT2D eigenvalue weighted by Gasteiger charge is -2.16. The molecule has 0 aliphatic carbocycles. The Morgan fingerprint density at radius 3 is 2.68 bits per heavy atom. The highest BCUT2D eigenvalue weighted by atomic mass is 32.2. The number of nitrogens with one attached hydrogen (secondary N) is 1. The molecule has 1 fully saturated rings. The molecule has 2 heterocycles. The first-order chi connectivity index (χ1) is 13.2. The van der Waals surface area contributed by atoms with Gasteiger partial charge < -0.3 is 10.2 Å². The second-order valence-corrected chi connectivity index (χ2v) is 7.07. The molecule has 0 atom stereocenters.